The Bertz CT molecular complexity index is 1310. The predicted octanol–water partition coefficient (Wildman–Crippen LogP) is 7.18. The summed E-state index contributed by atoms with van der Waals surface area (Å²) < 4.78 is 2.47. The summed E-state index contributed by atoms with van der Waals surface area (Å²) in [6.45, 7) is 10.0. The number of quaternary nitrogens is 2. The van der Waals surface area contributed by atoms with E-state index in [2.05, 4.69) is 97.1 Å². The molecule has 0 saturated carbocycles. The van der Waals surface area contributed by atoms with Gasteiger partial charge in [-0.15, -0.1) is 0 Å². The third-order valence-corrected chi connectivity index (χ3v) is 10.2. The minimum atomic E-state index is 0.461. The highest BCUT2D eigenvalue weighted by Crippen LogP contribution is 2.51. The van der Waals surface area contributed by atoms with Crippen molar-refractivity contribution in [2.24, 2.45) is 5.41 Å². The van der Waals surface area contributed by atoms with E-state index in [0.717, 1.165) is 0 Å². The Labute approximate surface area is 221 Å². The highest BCUT2D eigenvalue weighted by atomic mass is 15.4. The van der Waals surface area contributed by atoms with Gasteiger partial charge in [-0.05, 0) is 22.3 Å². The Hall–Kier alpha value is -3.20. The fourth-order valence-corrected chi connectivity index (χ4v) is 8.80. The molecule has 184 valence electrons. The molecule has 2 nitrogen and oxygen atoms in total. The third kappa shape index (κ3) is 3.46. The molecule has 2 saturated heterocycles. The average Bonchev–Trinajstić information content (AvgIpc) is 3.34. The Morgan fingerprint density at radius 1 is 0.405 bits per heavy atom. The molecule has 0 atom stereocenters. The molecule has 2 heteroatoms. The van der Waals surface area contributed by atoms with Crippen LogP contribution < -0.4 is 0 Å². The van der Waals surface area contributed by atoms with Crippen LogP contribution in [0.3, 0.4) is 0 Å². The van der Waals surface area contributed by atoms with Crippen molar-refractivity contribution in [3.63, 3.8) is 0 Å². The monoisotopic (exact) mass is 484 g/mol. The van der Waals surface area contributed by atoms with Gasteiger partial charge in [0.25, 0.3) is 0 Å². The van der Waals surface area contributed by atoms with Crippen molar-refractivity contribution in [3.05, 3.63) is 119 Å². The molecule has 0 N–H and O–H groups in total. The van der Waals surface area contributed by atoms with Gasteiger partial charge in [-0.3, -0.25) is 0 Å². The van der Waals surface area contributed by atoms with Gasteiger partial charge in [-0.2, -0.15) is 0 Å². The third-order valence-electron chi connectivity index (χ3n) is 10.2. The normalized spacial score (nSPS) is 21.6. The lowest BCUT2D eigenvalue weighted by atomic mass is 9.86. The van der Waals surface area contributed by atoms with Crippen LogP contribution in [0.2, 0.25) is 0 Å². The lowest BCUT2D eigenvalue weighted by molar-refractivity contribution is -0.955. The van der Waals surface area contributed by atoms with E-state index in [1.165, 1.54) is 96.4 Å². The molecule has 3 spiro atoms. The van der Waals surface area contributed by atoms with E-state index in [9.17, 15) is 0 Å². The Morgan fingerprint density at radius 3 is 1.03 bits per heavy atom. The van der Waals surface area contributed by atoms with Gasteiger partial charge in [0.2, 0.25) is 0 Å². The standard InChI is InChI=1S/C35H36N2/c1-5-13-31-27(9-1)21-36(22-28-10-2-6-14-32(28)31)19-17-35(25-36)18-20-37(26-35)23-29-11-3-7-15-33(29)34-16-8-4-12-30(34)24-37/h1-16H,17-26H2/q+2. The molecular formula is C35H36N2+2. The van der Waals surface area contributed by atoms with E-state index in [1.807, 2.05) is 0 Å². The summed E-state index contributed by atoms with van der Waals surface area (Å²) in [4.78, 5) is 0. The fraction of sp³-hybridized carbons (Fsp3) is 0.314. The zero-order valence-electron chi connectivity index (χ0n) is 21.7. The van der Waals surface area contributed by atoms with Gasteiger partial charge in [-0.1, -0.05) is 97.1 Å². The highest BCUT2D eigenvalue weighted by Gasteiger charge is 2.58. The van der Waals surface area contributed by atoms with E-state index >= 15 is 0 Å². The molecule has 0 unspecified atom stereocenters. The van der Waals surface area contributed by atoms with Crippen molar-refractivity contribution < 1.29 is 8.97 Å². The molecule has 0 aliphatic carbocycles. The second kappa shape index (κ2) is 7.90. The van der Waals surface area contributed by atoms with Crippen LogP contribution in [0.15, 0.2) is 97.1 Å². The van der Waals surface area contributed by atoms with Crippen LogP contribution in [0.25, 0.3) is 22.3 Å². The summed E-state index contributed by atoms with van der Waals surface area (Å²) in [5, 5.41) is 0. The lowest BCUT2D eigenvalue weighted by Crippen LogP contribution is -2.48. The minimum absolute atomic E-state index is 0.461. The Kier molecular flexibility index (Phi) is 4.66. The van der Waals surface area contributed by atoms with E-state index in [-0.39, 0.29) is 0 Å². The number of fused-ring (bicyclic) bond motifs is 6. The van der Waals surface area contributed by atoms with Gasteiger partial charge in [0, 0.05) is 35.1 Å². The van der Waals surface area contributed by atoms with Crippen molar-refractivity contribution in [1.29, 1.82) is 0 Å². The van der Waals surface area contributed by atoms with E-state index in [4.69, 9.17) is 0 Å². The van der Waals surface area contributed by atoms with Gasteiger partial charge in [0.05, 0.1) is 31.6 Å². The SMILES string of the molecule is c1ccc2c(c1)C[N+]1(CCC3(CC[N+]4(Cc5ccccc5-c5ccccc5C4)C3)C1)Cc1ccccc1-2. The largest absolute Gasteiger partial charge is 0.315 e. The maximum atomic E-state index is 2.40. The van der Waals surface area contributed by atoms with Gasteiger partial charge < -0.3 is 8.97 Å². The van der Waals surface area contributed by atoms with Crippen LogP contribution in [-0.4, -0.2) is 35.1 Å². The maximum Gasteiger partial charge on any atom is 0.105 e. The van der Waals surface area contributed by atoms with Crippen LogP contribution in [0.4, 0.5) is 0 Å². The summed E-state index contributed by atoms with van der Waals surface area (Å²) in [6.07, 6.45) is 2.75. The molecule has 2 fully saturated rings. The molecule has 0 radical (unpaired) electrons. The van der Waals surface area contributed by atoms with Gasteiger partial charge in [0.1, 0.15) is 26.2 Å². The van der Waals surface area contributed by atoms with Gasteiger partial charge >= 0.3 is 0 Å². The lowest BCUT2D eigenvalue weighted by Gasteiger charge is -2.37. The maximum absolute atomic E-state index is 2.40. The molecule has 0 amide bonds. The Balaban J connectivity index is 1.15. The second-order valence-electron chi connectivity index (χ2n) is 12.7. The van der Waals surface area contributed by atoms with Gasteiger partial charge in [-0.25, -0.2) is 0 Å². The van der Waals surface area contributed by atoms with Crippen LogP contribution in [0.5, 0.6) is 0 Å². The number of benzene rings is 4. The van der Waals surface area contributed by atoms with Crippen LogP contribution >= 0.6 is 0 Å². The first-order valence-corrected chi connectivity index (χ1v) is 14.2. The van der Waals surface area contributed by atoms with E-state index < -0.39 is 0 Å². The van der Waals surface area contributed by atoms with Gasteiger partial charge in [0.15, 0.2) is 0 Å². The number of hydrogen-bond acceptors (Lipinski definition) is 0. The minimum Gasteiger partial charge on any atom is -0.315 e. The van der Waals surface area contributed by atoms with Crippen molar-refractivity contribution in [3.8, 4) is 22.3 Å². The van der Waals surface area contributed by atoms with Crippen LogP contribution in [0, 0.1) is 5.41 Å². The van der Waals surface area contributed by atoms with Crippen LogP contribution in [-0.2, 0) is 26.2 Å². The summed E-state index contributed by atoms with van der Waals surface area (Å²) in [5.74, 6) is 0. The molecule has 4 aromatic carbocycles. The molecule has 37 heavy (non-hydrogen) atoms. The van der Waals surface area contributed by atoms with Crippen molar-refractivity contribution >= 4 is 0 Å². The molecule has 4 aliphatic rings. The first-order chi connectivity index (χ1) is 18.1. The summed E-state index contributed by atoms with van der Waals surface area (Å²) >= 11 is 0. The smallest absolute Gasteiger partial charge is 0.105 e. The average molecular weight is 485 g/mol. The molecule has 4 aromatic rings. The molecular weight excluding hydrogens is 448 g/mol. The van der Waals surface area contributed by atoms with Crippen molar-refractivity contribution in [2.75, 3.05) is 26.2 Å². The topological polar surface area (TPSA) is 0 Å². The highest BCUT2D eigenvalue weighted by molar-refractivity contribution is 5.72. The van der Waals surface area contributed by atoms with Crippen LogP contribution in [0.1, 0.15) is 35.1 Å². The van der Waals surface area contributed by atoms with E-state index in [0.29, 0.717) is 5.41 Å². The fourth-order valence-electron chi connectivity index (χ4n) is 8.80. The molecule has 4 heterocycles. The van der Waals surface area contributed by atoms with Crippen molar-refractivity contribution in [2.45, 2.75) is 39.0 Å². The number of hydrogen-bond donors (Lipinski definition) is 0. The zero-order chi connectivity index (χ0) is 24.5. The molecule has 0 aromatic heterocycles. The summed E-state index contributed by atoms with van der Waals surface area (Å²) in [7, 11) is 0. The predicted molar refractivity (Wildman–Crippen MR) is 150 cm³/mol. The first-order valence-electron chi connectivity index (χ1n) is 14.2. The quantitative estimate of drug-likeness (QED) is 0.232. The Morgan fingerprint density at radius 2 is 0.703 bits per heavy atom. The van der Waals surface area contributed by atoms with Crippen molar-refractivity contribution in [1.82, 2.24) is 0 Å². The summed E-state index contributed by atoms with van der Waals surface area (Å²) in [5.41, 5.74) is 12.5. The molecule has 8 rings (SSSR count). The number of nitrogens with zero attached hydrogens (tertiary/aromatic N) is 2. The molecule has 4 aliphatic heterocycles. The number of rotatable bonds is 0. The second-order valence-corrected chi connectivity index (χ2v) is 12.7. The van der Waals surface area contributed by atoms with E-state index in [1.54, 1.807) is 22.3 Å². The molecule has 0 bridgehead atoms. The zero-order valence-corrected chi connectivity index (χ0v) is 21.7. The summed E-state index contributed by atoms with van der Waals surface area (Å²) in [6, 6.07) is 36.9. The first kappa shape index (κ1) is 21.8.